The lowest BCUT2D eigenvalue weighted by molar-refractivity contribution is -0.123. The molecule has 8 nitrogen and oxygen atoms in total. The summed E-state index contributed by atoms with van der Waals surface area (Å²) in [5.41, 5.74) is -0.209. The fourth-order valence-corrected chi connectivity index (χ4v) is 2.82. The van der Waals surface area contributed by atoms with Gasteiger partial charge in [-0.05, 0) is 56.5 Å². The molecule has 1 atom stereocenters. The molecule has 1 aliphatic carbocycles. The smallest absolute Gasteiger partial charge is 0.258 e. The number of hydrogen-bond acceptors (Lipinski definition) is 5. The van der Waals surface area contributed by atoms with Gasteiger partial charge >= 0.3 is 0 Å². The molecular weight excluding hydrogens is 511 g/mol. The number of furan rings is 1. The van der Waals surface area contributed by atoms with Gasteiger partial charge in [0.25, 0.3) is 5.91 Å². The van der Waals surface area contributed by atoms with Crippen LogP contribution in [0.4, 0.5) is 0 Å². The van der Waals surface area contributed by atoms with Gasteiger partial charge in [0.05, 0.1) is 19.4 Å². The average Bonchev–Trinajstić information content (AvgIpc) is 3.35. The molecule has 1 aromatic carbocycles. The van der Waals surface area contributed by atoms with E-state index < -0.39 is 5.60 Å². The minimum Gasteiger partial charge on any atom is -0.484 e. The summed E-state index contributed by atoms with van der Waals surface area (Å²) >= 11 is 0. The van der Waals surface area contributed by atoms with Crippen LogP contribution in [0.2, 0.25) is 0 Å². The van der Waals surface area contributed by atoms with E-state index in [4.69, 9.17) is 9.15 Å². The van der Waals surface area contributed by atoms with Crippen molar-refractivity contribution in [3.05, 3.63) is 54.0 Å². The van der Waals surface area contributed by atoms with E-state index in [1.165, 1.54) is 6.26 Å². The van der Waals surface area contributed by atoms with Gasteiger partial charge in [-0.2, -0.15) is 0 Å². The maximum Gasteiger partial charge on any atom is 0.258 e. The van der Waals surface area contributed by atoms with Gasteiger partial charge in [-0.15, -0.1) is 24.0 Å². The molecule has 1 heterocycles. The van der Waals surface area contributed by atoms with E-state index in [0.29, 0.717) is 36.6 Å². The first-order valence-corrected chi connectivity index (χ1v) is 10.3. The Labute approximate surface area is 199 Å². The molecule has 1 aromatic heterocycles. The van der Waals surface area contributed by atoms with Crippen molar-refractivity contribution in [3.8, 4) is 5.75 Å². The molecule has 0 bridgehead atoms. The Morgan fingerprint density at radius 2 is 2.10 bits per heavy atom. The van der Waals surface area contributed by atoms with Crippen molar-refractivity contribution >= 4 is 35.8 Å². The van der Waals surface area contributed by atoms with Crippen LogP contribution in [0.3, 0.4) is 0 Å². The minimum atomic E-state index is -1.16. The Bertz CT molecular complexity index is 851. The van der Waals surface area contributed by atoms with Crippen molar-refractivity contribution in [2.75, 3.05) is 19.7 Å². The highest BCUT2D eigenvalue weighted by molar-refractivity contribution is 14.0. The van der Waals surface area contributed by atoms with Crippen molar-refractivity contribution in [1.82, 2.24) is 16.0 Å². The van der Waals surface area contributed by atoms with Gasteiger partial charge < -0.3 is 30.2 Å². The third kappa shape index (κ3) is 8.41. The standard InChI is InChI=1S/C22H30N4O4.HI/c1-3-23-21(25-15-22(2,28)19-8-5-11-29-19)24-13-16-6-4-7-18(12-16)30-14-20(27)26-17-9-10-17;/h4-8,11-12,17,28H,3,9-10,13-15H2,1-2H3,(H,26,27)(H2,23,24,25);1H. The molecular formula is C22H31IN4O4. The average molecular weight is 542 g/mol. The third-order valence-corrected chi connectivity index (χ3v) is 4.63. The van der Waals surface area contributed by atoms with E-state index in [0.717, 1.165) is 18.4 Å². The highest BCUT2D eigenvalue weighted by atomic mass is 127. The molecule has 9 heteroatoms. The van der Waals surface area contributed by atoms with E-state index in [9.17, 15) is 9.90 Å². The van der Waals surface area contributed by atoms with E-state index in [1.54, 1.807) is 19.1 Å². The van der Waals surface area contributed by atoms with Gasteiger partial charge in [-0.25, -0.2) is 4.99 Å². The number of aliphatic hydroxyl groups is 1. The van der Waals surface area contributed by atoms with Gasteiger partial charge in [-0.3, -0.25) is 4.79 Å². The highest BCUT2D eigenvalue weighted by Gasteiger charge is 2.26. The molecule has 170 valence electrons. The Morgan fingerprint density at radius 1 is 1.29 bits per heavy atom. The Morgan fingerprint density at radius 3 is 2.77 bits per heavy atom. The summed E-state index contributed by atoms with van der Waals surface area (Å²) in [6, 6.07) is 11.3. The van der Waals surface area contributed by atoms with Crippen LogP contribution in [-0.2, 0) is 16.9 Å². The van der Waals surface area contributed by atoms with Crippen molar-refractivity contribution in [2.45, 2.75) is 44.9 Å². The van der Waals surface area contributed by atoms with Crippen LogP contribution in [0.15, 0.2) is 52.1 Å². The fraction of sp³-hybridized carbons (Fsp3) is 0.455. The maximum atomic E-state index is 11.8. The van der Waals surface area contributed by atoms with Crippen LogP contribution in [0, 0.1) is 0 Å². The Hall–Kier alpha value is -2.27. The molecule has 1 unspecified atom stereocenters. The topological polar surface area (TPSA) is 108 Å². The molecule has 0 radical (unpaired) electrons. The zero-order chi connectivity index (χ0) is 21.4. The van der Waals surface area contributed by atoms with Gasteiger partial charge in [0.2, 0.25) is 0 Å². The third-order valence-electron chi connectivity index (χ3n) is 4.63. The molecule has 31 heavy (non-hydrogen) atoms. The number of hydrogen-bond donors (Lipinski definition) is 4. The van der Waals surface area contributed by atoms with E-state index in [1.807, 2.05) is 31.2 Å². The van der Waals surface area contributed by atoms with Crippen molar-refractivity contribution < 1.29 is 19.1 Å². The molecule has 0 aliphatic heterocycles. The zero-order valence-corrected chi connectivity index (χ0v) is 20.2. The van der Waals surface area contributed by atoms with Gasteiger partial charge in [0.15, 0.2) is 12.6 Å². The van der Waals surface area contributed by atoms with E-state index >= 15 is 0 Å². The van der Waals surface area contributed by atoms with Crippen molar-refractivity contribution in [1.29, 1.82) is 0 Å². The SMILES string of the molecule is CCNC(=NCc1cccc(OCC(=O)NC2CC2)c1)NCC(C)(O)c1ccco1.I. The normalized spacial score (nSPS) is 15.4. The highest BCUT2D eigenvalue weighted by Crippen LogP contribution is 2.20. The molecule has 1 aliphatic rings. The van der Waals surface area contributed by atoms with Crippen molar-refractivity contribution in [2.24, 2.45) is 4.99 Å². The number of nitrogens with one attached hydrogen (secondary N) is 3. The Kier molecular flexibility index (Phi) is 9.63. The summed E-state index contributed by atoms with van der Waals surface area (Å²) in [5.74, 6) is 1.61. The number of nitrogens with zero attached hydrogens (tertiary/aromatic N) is 1. The molecule has 1 fully saturated rings. The molecule has 1 amide bonds. The lowest BCUT2D eigenvalue weighted by Gasteiger charge is -2.22. The lowest BCUT2D eigenvalue weighted by atomic mass is 10.0. The number of amides is 1. The van der Waals surface area contributed by atoms with Crippen molar-refractivity contribution in [3.63, 3.8) is 0 Å². The number of carbonyl (C=O) groups excluding carboxylic acids is 1. The number of benzene rings is 1. The summed E-state index contributed by atoms with van der Waals surface area (Å²) in [5, 5.41) is 19.8. The second-order valence-electron chi connectivity index (χ2n) is 7.58. The number of rotatable bonds is 10. The summed E-state index contributed by atoms with van der Waals surface area (Å²) < 4.78 is 10.9. The molecule has 0 spiro atoms. The summed E-state index contributed by atoms with van der Waals surface area (Å²) in [6.07, 6.45) is 3.64. The van der Waals surface area contributed by atoms with E-state index in [2.05, 4.69) is 20.9 Å². The first-order chi connectivity index (χ1) is 14.5. The minimum absolute atomic E-state index is 0. The number of carbonyl (C=O) groups is 1. The van der Waals surface area contributed by atoms with Gasteiger partial charge in [0.1, 0.15) is 17.1 Å². The van der Waals surface area contributed by atoms with Gasteiger partial charge in [0, 0.05) is 12.6 Å². The number of ether oxygens (including phenoxy) is 1. The van der Waals surface area contributed by atoms with Gasteiger partial charge in [-0.1, -0.05) is 12.1 Å². The second kappa shape index (κ2) is 11.9. The predicted octanol–water partition coefficient (Wildman–Crippen LogP) is 2.52. The number of aliphatic imine (C=N–C) groups is 1. The van der Waals surface area contributed by atoms with Crippen LogP contribution in [0.5, 0.6) is 5.75 Å². The summed E-state index contributed by atoms with van der Waals surface area (Å²) in [7, 11) is 0. The summed E-state index contributed by atoms with van der Waals surface area (Å²) in [6.45, 7) is 5.02. The first kappa shape index (κ1) is 25.0. The van der Waals surface area contributed by atoms with Crippen LogP contribution in [0.1, 0.15) is 38.0 Å². The first-order valence-electron chi connectivity index (χ1n) is 10.3. The monoisotopic (exact) mass is 542 g/mol. The van der Waals surface area contributed by atoms with Crippen LogP contribution in [0.25, 0.3) is 0 Å². The lowest BCUT2D eigenvalue weighted by Crippen LogP contribution is -2.44. The zero-order valence-electron chi connectivity index (χ0n) is 17.9. The van der Waals surface area contributed by atoms with Crippen LogP contribution in [-0.4, -0.2) is 42.7 Å². The van der Waals surface area contributed by atoms with Crippen LogP contribution < -0.4 is 20.7 Å². The largest absolute Gasteiger partial charge is 0.484 e. The quantitative estimate of drug-likeness (QED) is 0.209. The second-order valence-corrected chi connectivity index (χ2v) is 7.58. The molecule has 0 saturated heterocycles. The maximum absolute atomic E-state index is 11.8. The fourth-order valence-electron chi connectivity index (χ4n) is 2.82. The molecule has 1 saturated carbocycles. The number of halogens is 1. The molecule has 3 rings (SSSR count). The molecule has 2 aromatic rings. The predicted molar refractivity (Wildman–Crippen MR) is 130 cm³/mol. The van der Waals surface area contributed by atoms with E-state index in [-0.39, 0.29) is 43.0 Å². The Balaban J connectivity index is 0.00000341. The summed E-state index contributed by atoms with van der Waals surface area (Å²) in [4.78, 5) is 16.3. The number of guanidine groups is 1. The molecule has 4 N–H and O–H groups in total. The van der Waals surface area contributed by atoms with Crippen LogP contribution >= 0.6 is 24.0 Å².